The highest BCUT2D eigenvalue weighted by atomic mass is 16.5. The van der Waals surface area contributed by atoms with Crippen molar-refractivity contribution in [3.8, 4) is 5.69 Å². The predicted octanol–water partition coefficient (Wildman–Crippen LogP) is 1.50. The minimum absolute atomic E-state index is 0.105. The highest BCUT2D eigenvalue weighted by molar-refractivity contribution is 5.95. The highest BCUT2D eigenvalue weighted by Gasteiger charge is 2.28. The molecular weight excluding hydrogens is 310 g/mol. The maximum Gasteiger partial charge on any atom is 0.306 e. The molecule has 1 unspecified atom stereocenters. The van der Waals surface area contributed by atoms with E-state index in [1.165, 1.54) is 0 Å². The zero-order valence-corrected chi connectivity index (χ0v) is 13.4. The Balaban J connectivity index is 1.77. The summed E-state index contributed by atoms with van der Waals surface area (Å²) in [5, 5.41) is 13.3. The number of aryl methyl sites for hydroxylation is 1. The number of rotatable bonds is 4. The Kier molecular flexibility index (Phi) is 4.61. The van der Waals surface area contributed by atoms with Crippen molar-refractivity contribution < 1.29 is 19.4 Å². The fourth-order valence-electron chi connectivity index (χ4n) is 2.78. The van der Waals surface area contributed by atoms with Crippen LogP contribution in [0.5, 0.6) is 0 Å². The fraction of sp³-hybridized carbons (Fsp3) is 0.353. The lowest BCUT2D eigenvalue weighted by Gasteiger charge is -2.32. The molecule has 7 nitrogen and oxygen atoms in total. The van der Waals surface area contributed by atoms with E-state index in [4.69, 9.17) is 9.84 Å². The average molecular weight is 329 g/mol. The van der Waals surface area contributed by atoms with Crippen molar-refractivity contribution in [1.29, 1.82) is 0 Å². The standard InChI is InChI=1S/C17H19N3O4/c1-12-15(11-20(18-12)13-5-3-2-4-6-13)17(23)19-7-8-24-14(10-19)9-16(21)22/h2-6,11,14H,7-10H2,1H3,(H,21,22). The molecule has 1 saturated heterocycles. The van der Waals surface area contributed by atoms with Crippen LogP contribution in [0.15, 0.2) is 36.5 Å². The van der Waals surface area contributed by atoms with Gasteiger partial charge in [-0.3, -0.25) is 9.59 Å². The van der Waals surface area contributed by atoms with Gasteiger partial charge >= 0.3 is 5.97 Å². The van der Waals surface area contributed by atoms with Crippen molar-refractivity contribution in [3.05, 3.63) is 47.8 Å². The molecule has 0 spiro atoms. The number of hydrogen-bond donors (Lipinski definition) is 1. The van der Waals surface area contributed by atoms with Crippen LogP contribution in [0.25, 0.3) is 5.69 Å². The molecule has 1 amide bonds. The molecule has 2 heterocycles. The second kappa shape index (κ2) is 6.84. The summed E-state index contributed by atoms with van der Waals surface area (Å²) in [7, 11) is 0. The smallest absolute Gasteiger partial charge is 0.306 e. The molecule has 24 heavy (non-hydrogen) atoms. The van der Waals surface area contributed by atoms with Gasteiger partial charge in [-0.15, -0.1) is 0 Å². The largest absolute Gasteiger partial charge is 0.481 e. The summed E-state index contributed by atoms with van der Waals surface area (Å²) >= 11 is 0. The molecule has 1 fully saturated rings. The summed E-state index contributed by atoms with van der Waals surface area (Å²) in [5.74, 6) is -1.07. The van der Waals surface area contributed by atoms with E-state index >= 15 is 0 Å². The number of nitrogens with zero attached hydrogens (tertiary/aromatic N) is 3. The van der Waals surface area contributed by atoms with Crippen LogP contribution in [0.3, 0.4) is 0 Å². The van der Waals surface area contributed by atoms with Gasteiger partial charge in [0.1, 0.15) is 0 Å². The van der Waals surface area contributed by atoms with Crippen LogP contribution in [-0.4, -0.2) is 57.5 Å². The first-order valence-electron chi connectivity index (χ1n) is 7.79. The third kappa shape index (κ3) is 3.46. The topological polar surface area (TPSA) is 84.7 Å². The molecule has 0 saturated carbocycles. The zero-order chi connectivity index (χ0) is 17.1. The Hall–Kier alpha value is -2.67. The lowest BCUT2D eigenvalue weighted by Crippen LogP contribution is -2.46. The van der Waals surface area contributed by atoms with Gasteiger partial charge in [0, 0.05) is 19.3 Å². The summed E-state index contributed by atoms with van der Waals surface area (Å²) in [6.07, 6.45) is 1.14. The number of aliphatic carboxylic acids is 1. The molecule has 3 rings (SSSR count). The minimum Gasteiger partial charge on any atom is -0.481 e. The molecule has 1 aliphatic rings. The summed E-state index contributed by atoms with van der Waals surface area (Å²) in [5.41, 5.74) is 2.05. The molecule has 1 aromatic heterocycles. The second-order valence-electron chi connectivity index (χ2n) is 5.75. The van der Waals surface area contributed by atoms with Crippen molar-refractivity contribution >= 4 is 11.9 Å². The number of aromatic nitrogens is 2. The first-order valence-corrected chi connectivity index (χ1v) is 7.79. The number of ether oxygens (including phenoxy) is 1. The van der Waals surface area contributed by atoms with Crippen LogP contribution in [0.1, 0.15) is 22.5 Å². The molecule has 0 bridgehead atoms. The van der Waals surface area contributed by atoms with Gasteiger partial charge in [-0.1, -0.05) is 18.2 Å². The van der Waals surface area contributed by atoms with Crippen LogP contribution in [0.2, 0.25) is 0 Å². The highest BCUT2D eigenvalue weighted by Crippen LogP contribution is 2.17. The third-order valence-electron chi connectivity index (χ3n) is 3.98. The second-order valence-corrected chi connectivity index (χ2v) is 5.75. The SMILES string of the molecule is Cc1nn(-c2ccccc2)cc1C(=O)N1CCOC(CC(=O)O)C1. The zero-order valence-electron chi connectivity index (χ0n) is 13.4. The van der Waals surface area contributed by atoms with Crippen molar-refractivity contribution in [2.75, 3.05) is 19.7 Å². The van der Waals surface area contributed by atoms with Gasteiger partial charge in [0.15, 0.2) is 0 Å². The Labute approximate surface area is 139 Å². The van der Waals surface area contributed by atoms with E-state index in [0.717, 1.165) is 5.69 Å². The molecule has 1 aliphatic heterocycles. The fourth-order valence-corrected chi connectivity index (χ4v) is 2.78. The number of carbonyl (C=O) groups excluding carboxylic acids is 1. The predicted molar refractivity (Wildman–Crippen MR) is 86.2 cm³/mol. The number of carbonyl (C=O) groups is 2. The van der Waals surface area contributed by atoms with Gasteiger partial charge in [-0.25, -0.2) is 4.68 Å². The number of hydrogen-bond acceptors (Lipinski definition) is 4. The van der Waals surface area contributed by atoms with E-state index in [1.54, 1.807) is 22.7 Å². The molecule has 0 radical (unpaired) electrons. The van der Waals surface area contributed by atoms with Crippen LogP contribution in [0.4, 0.5) is 0 Å². The first-order chi connectivity index (χ1) is 11.5. The first kappa shape index (κ1) is 16.2. The monoisotopic (exact) mass is 329 g/mol. The maximum absolute atomic E-state index is 12.8. The molecule has 126 valence electrons. The molecule has 2 aromatic rings. The normalized spacial score (nSPS) is 17.7. The average Bonchev–Trinajstić information content (AvgIpc) is 2.96. The minimum atomic E-state index is -0.928. The van der Waals surface area contributed by atoms with E-state index in [0.29, 0.717) is 24.4 Å². The Morgan fingerprint density at radius 3 is 2.79 bits per heavy atom. The Morgan fingerprint density at radius 1 is 1.33 bits per heavy atom. The Morgan fingerprint density at radius 2 is 2.08 bits per heavy atom. The van der Waals surface area contributed by atoms with Crippen LogP contribution >= 0.6 is 0 Å². The number of carboxylic acids is 1. The number of carboxylic acid groups (broad SMARTS) is 1. The number of para-hydroxylation sites is 1. The van der Waals surface area contributed by atoms with E-state index in [2.05, 4.69) is 5.10 Å². The third-order valence-corrected chi connectivity index (χ3v) is 3.98. The van der Waals surface area contributed by atoms with E-state index in [1.807, 2.05) is 30.3 Å². The molecule has 7 heteroatoms. The van der Waals surface area contributed by atoms with Gasteiger partial charge in [0.05, 0.1) is 36.1 Å². The van der Waals surface area contributed by atoms with Crippen LogP contribution in [-0.2, 0) is 9.53 Å². The number of morpholine rings is 1. The molecule has 1 atom stereocenters. The van der Waals surface area contributed by atoms with Gasteiger partial charge in [-0.05, 0) is 19.1 Å². The molecule has 1 aromatic carbocycles. The molecule has 0 aliphatic carbocycles. The lowest BCUT2D eigenvalue weighted by molar-refractivity contribution is -0.141. The summed E-state index contributed by atoms with van der Waals surface area (Å²) in [6.45, 7) is 2.86. The summed E-state index contributed by atoms with van der Waals surface area (Å²) in [4.78, 5) is 25.2. The van der Waals surface area contributed by atoms with Gasteiger partial charge in [0.25, 0.3) is 5.91 Å². The molecular formula is C17H19N3O4. The lowest BCUT2D eigenvalue weighted by atomic mass is 10.1. The van der Waals surface area contributed by atoms with Gasteiger partial charge in [0.2, 0.25) is 0 Å². The van der Waals surface area contributed by atoms with Crippen molar-refractivity contribution in [3.63, 3.8) is 0 Å². The Bertz CT molecular complexity index is 742. The van der Waals surface area contributed by atoms with Crippen LogP contribution in [0, 0.1) is 6.92 Å². The summed E-state index contributed by atoms with van der Waals surface area (Å²) < 4.78 is 7.09. The number of benzene rings is 1. The van der Waals surface area contributed by atoms with E-state index in [9.17, 15) is 9.59 Å². The maximum atomic E-state index is 12.8. The van der Waals surface area contributed by atoms with E-state index < -0.39 is 12.1 Å². The quantitative estimate of drug-likeness (QED) is 0.919. The van der Waals surface area contributed by atoms with Gasteiger partial charge in [-0.2, -0.15) is 5.10 Å². The summed E-state index contributed by atoms with van der Waals surface area (Å²) in [6, 6.07) is 9.57. The van der Waals surface area contributed by atoms with Crippen molar-refractivity contribution in [1.82, 2.24) is 14.7 Å². The van der Waals surface area contributed by atoms with Crippen molar-refractivity contribution in [2.24, 2.45) is 0 Å². The van der Waals surface area contributed by atoms with E-state index in [-0.39, 0.29) is 18.9 Å². The molecule has 1 N–H and O–H groups in total. The number of amides is 1. The van der Waals surface area contributed by atoms with Gasteiger partial charge < -0.3 is 14.7 Å². The van der Waals surface area contributed by atoms with Crippen molar-refractivity contribution in [2.45, 2.75) is 19.4 Å². The van der Waals surface area contributed by atoms with Crippen LogP contribution < -0.4 is 0 Å².